The van der Waals surface area contributed by atoms with Crippen LogP contribution in [0.2, 0.25) is 0 Å². The molecule has 3 heteroatoms. The number of para-hydroxylation sites is 1. The van der Waals surface area contributed by atoms with Gasteiger partial charge in [0.05, 0.1) is 12.1 Å². The van der Waals surface area contributed by atoms with Gasteiger partial charge in [-0.25, -0.2) is 0 Å². The summed E-state index contributed by atoms with van der Waals surface area (Å²) in [5, 5.41) is 15.4. The van der Waals surface area contributed by atoms with Crippen molar-refractivity contribution in [2.24, 2.45) is 22.7 Å². The molecule has 0 unspecified atom stereocenters. The Morgan fingerprint density at radius 2 is 2.00 bits per heavy atom. The van der Waals surface area contributed by atoms with Crippen LogP contribution in [-0.2, 0) is 10.2 Å². The quantitative estimate of drug-likeness (QED) is 0.587. The van der Waals surface area contributed by atoms with Crippen molar-refractivity contribution in [1.82, 2.24) is 0 Å². The van der Waals surface area contributed by atoms with Crippen LogP contribution in [-0.4, -0.2) is 23.0 Å². The van der Waals surface area contributed by atoms with Crippen molar-refractivity contribution in [2.75, 3.05) is 5.32 Å². The molecule has 2 N–H and O–H groups in total. The molecule has 0 amide bonds. The molecule has 0 aromatic heterocycles. The molecular weight excluding hydrogens is 382 g/mol. The first-order chi connectivity index (χ1) is 14.7. The SMILES string of the molecule is CC(C)=CCC[C@]12[C@@H]3CC(=O)[C@H]4C[C@@]3(CC[C@@]1(C)[C@H](C)CC[C@@H]2O)c1ccccc1N4. The van der Waals surface area contributed by atoms with Crippen LogP contribution in [0.15, 0.2) is 35.9 Å². The zero-order valence-electron chi connectivity index (χ0n) is 19.7. The van der Waals surface area contributed by atoms with Crippen LogP contribution in [0.4, 0.5) is 5.69 Å². The summed E-state index contributed by atoms with van der Waals surface area (Å²) >= 11 is 0. The number of aliphatic hydroxyl groups is 1. The summed E-state index contributed by atoms with van der Waals surface area (Å²) in [6, 6.07) is 8.63. The highest BCUT2D eigenvalue weighted by molar-refractivity contribution is 5.90. The second-order valence-electron chi connectivity index (χ2n) is 11.6. The Morgan fingerprint density at radius 1 is 1.23 bits per heavy atom. The number of fused-ring (bicyclic) bond motifs is 4. The lowest BCUT2D eigenvalue weighted by molar-refractivity contribution is -0.222. The maximum Gasteiger partial charge on any atom is 0.155 e. The molecule has 0 saturated heterocycles. The van der Waals surface area contributed by atoms with E-state index in [4.69, 9.17) is 0 Å². The molecule has 0 radical (unpaired) electrons. The van der Waals surface area contributed by atoms with Crippen molar-refractivity contribution in [3.63, 3.8) is 0 Å². The molecule has 5 rings (SSSR count). The molecule has 4 aliphatic rings. The molecule has 31 heavy (non-hydrogen) atoms. The van der Waals surface area contributed by atoms with Gasteiger partial charge in [-0.1, -0.05) is 43.7 Å². The van der Waals surface area contributed by atoms with Crippen molar-refractivity contribution in [3.8, 4) is 0 Å². The van der Waals surface area contributed by atoms with Crippen molar-refractivity contribution < 1.29 is 9.90 Å². The molecule has 3 nitrogen and oxygen atoms in total. The third-order valence-electron chi connectivity index (χ3n) is 10.3. The number of nitrogens with one attached hydrogen (secondary N) is 1. The smallest absolute Gasteiger partial charge is 0.155 e. The van der Waals surface area contributed by atoms with Gasteiger partial charge in [-0.3, -0.25) is 4.79 Å². The molecule has 1 heterocycles. The van der Waals surface area contributed by atoms with Crippen LogP contribution in [0.1, 0.15) is 84.6 Å². The number of aliphatic hydroxyl groups excluding tert-OH is 1. The number of allylic oxidation sites excluding steroid dienone is 2. The summed E-state index contributed by atoms with van der Waals surface area (Å²) in [4.78, 5) is 13.4. The number of anilines is 1. The van der Waals surface area contributed by atoms with Gasteiger partial charge in [-0.2, -0.15) is 0 Å². The number of Topliss-reactive ketones (excluding diaryl/α,β-unsaturated/α-hetero) is 1. The lowest BCUT2D eigenvalue weighted by Gasteiger charge is -2.71. The number of rotatable bonds is 3. The molecule has 3 fully saturated rings. The van der Waals surface area contributed by atoms with Gasteiger partial charge in [-0.05, 0) is 87.7 Å². The molecule has 7 atom stereocenters. The van der Waals surface area contributed by atoms with Gasteiger partial charge in [-0.15, -0.1) is 0 Å². The first-order valence-electron chi connectivity index (χ1n) is 12.4. The first-order valence-corrected chi connectivity index (χ1v) is 12.4. The second-order valence-corrected chi connectivity index (χ2v) is 11.6. The average Bonchev–Trinajstić information content (AvgIpc) is 2.74. The number of benzene rings is 1. The highest BCUT2D eigenvalue weighted by atomic mass is 16.3. The third kappa shape index (κ3) is 2.78. The minimum absolute atomic E-state index is 0.00292. The maximum absolute atomic E-state index is 13.4. The number of ketones is 1. The van der Waals surface area contributed by atoms with Crippen molar-refractivity contribution >= 4 is 11.5 Å². The molecule has 168 valence electrons. The van der Waals surface area contributed by atoms with E-state index in [9.17, 15) is 9.90 Å². The van der Waals surface area contributed by atoms with Crippen LogP contribution in [0.3, 0.4) is 0 Å². The topological polar surface area (TPSA) is 49.3 Å². The summed E-state index contributed by atoms with van der Waals surface area (Å²) in [5.41, 5.74) is 3.76. The predicted molar refractivity (Wildman–Crippen MR) is 126 cm³/mol. The summed E-state index contributed by atoms with van der Waals surface area (Å²) in [6.45, 7) is 9.19. The fourth-order valence-corrected chi connectivity index (χ4v) is 8.55. The van der Waals surface area contributed by atoms with Crippen molar-refractivity contribution in [3.05, 3.63) is 41.5 Å². The Hall–Kier alpha value is -1.61. The van der Waals surface area contributed by atoms with Crippen LogP contribution >= 0.6 is 0 Å². The van der Waals surface area contributed by atoms with Gasteiger partial charge < -0.3 is 10.4 Å². The summed E-state index contributed by atoms with van der Waals surface area (Å²) in [5.74, 6) is 1.14. The standard InChI is InChI=1S/C28H39NO2/c1-18(2)8-7-13-28-24-16-23(30)22-17-27(24,20-9-5-6-10-21(20)29-22)15-14-26(28,4)19(3)11-12-25(28)31/h5-6,8-10,19,22,24-25,29,31H,7,11-17H2,1-4H3/t19-,22-,24-,25+,26+,27+,28-/m1/s1. The molecule has 1 aromatic carbocycles. The molecule has 1 aliphatic heterocycles. The molecular formula is C28H39NO2. The Bertz CT molecular complexity index is 917. The van der Waals surface area contributed by atoms with Crippen LogP contribution in [0.5, 0.6) is 0 Å². The molecule has 3 saturated carbocycles. The van der Waals surface area contributed by atoms with E-state index in [0.29, 0.717) is 18.1 Å². The van der Waals surface area contributed by atoms with E-state index in [2.05, 4.69) is 63.4 Å². The van der Waals surface area contributed by atoms with Gasteiger partial charge in [0, 0.05) is 22.9 Å². The number of hydrogen-bond acceptors (Lipinski definition) is 3. The molecule has 3 aliphatic carbocycles. The van der Waals surface area contributed by atoms with E-state index in [-0.39, 0.29) is 34.3 Å². The van der Waals surface area contributed by atoms with E-state index in [0.717, 1.165) is 50.6 Å². The monoisotopic (exact) mass is 421 g/mol. The highest BCUT2D eigenvalue weighted by Gasteiger charge is 2.70. The zero-order valence-corrected chi connectivity index (χ0v) is 19.7. The van der Waals surface area contributed by atoms with Crippen LogP contribution < -0.4 is 5.32 Å². The first kappa shape index (κ1) is 21.2. The van der Waals surface area contributed by atoms with E-state index >= 15 is 0 Å². The second kappa shape index (κ2) is 7.20. The number of hydrogen-bond donors (Lipinski definition) is 2. The summed E-state index contributed by atoms with van der Waals surface area (Å²) in [7, 11) is 0. The largest absolute Gasteiger partial charge is 0.393 e. The summed E-state index contributed by atoms with van der Waals surface area (Å²) in [6.07, 6.45) is 9.75. The number of carbonyl (C=O) groups excluding carboxylic acids is 1. The van der Waals surface area contributed by atoms with Gasteiger partial charge in [0.25, 0.3) is 0 Å². The normalized spacial score (nSPS) is 43.2. The summed E-state index contributed by atoms with van der Waals surface area (Å²) < 4.78 is 0. The molecule has 2 bridgehead atoms. The average molecular weight is 422 g/mol. The van der Waals surface area contributed by atoms with Crippen molar-refractivity contribution in [2.45, 2.75) is 96.6 Å². The fraction of sp³-hybridized carbons (Fsp3) is 0.679. The van der Waals surface area contributed by atoms with E-state index in [1.165, 1.54) is 11.1 Å². The van der Waals surface area contributed by atoms with E-state index in [1.807, 2.05) is 0 Å². The minimum Gasteiger partial charge on any atom is -0.393 e. The predicted octanol–water partition coefficient (Wildman–Crippen LogP) is 6.02. The number of carbonyl (C=O) groups is 1. The van der Waals surface area contributed by atoms with Crippen molar-refractivity contribution in [1.29, 1.82) is 0 Å². The van der Waals surface area contributed by atoms with E-state index < -0.39 is 0 Å². The Morgan fingerprint density at radius 3 is 2.77 bits per heavy atom. The molecule has 1 spiro atoms. The molecule has 1 aromatic rings. The van der Waals surface area contributed by atoms with Gasteiger partial charge in [0.15, 0.2) is 5.78 Å². The van der Waals surface area contributed by atoms with Gasteiger partial charge in [0.2, 0.25) is 0 Å². The lowest BCUT2D eigenvalue weighted by Crippen LogP contribution is -2.70. The Balaban J connectivity index is 1.71. The van der Waals surface area contributed by atoms with E-state index in [1.54, 1.807) is 0 Å². The maximum atomic E-state index is 13.4. The Labute approximate surface area is 187 Å². The zero-order chi connectivity index (χ0) is 22.0. The van der Waals surface area contributed by atoms with Crippen LogP contribution in [0, 0.1) is 22.7 Å². The lowest BCUT2D eigenvalue weighted by atomic mass is 9.34. The fourth-order valence-electron chi connectivity index (χ4n) is 8.55. The highest BCUT2D eigenvalue weighted by Crippen LogP contribution is 2.72. The third-order valence-corrected chi connectivity index (χ3v) is 10.3. The van der Waals surface area contributed by atoms with Gasteiger partial charge >= 0.3 is 0 Å². The van der Waals surface area contributed by atoms with Crippen LogP contribution in [0.25, 0.3) is 0 Å². The minimum atomic E-state index is -0.326. The van der Waals surface area contributed by atoms with Gasteiger partial charge in [0.1, 0.15) is 0 Å². The Kier molecular flexibility index (Phi) is 4.93.